The quantitative estimate of drug-likeness (QED) is 0.399. The molecule has 2 amide bonds. The van der Waals surface area contributed by atoms with E-state index >= 15 is 0 Å². The molecule has 0 aromatic carbocycles. The Morgan fingerprint density at radius 3 is 1.56 bits per heavy atom. The fourth-order valence-corrected chi connectivity index (χ4v) is 2.45. The molecule has 0 aromatic rings. The molecular weight excluding hydrogens is 324 g/mol. The van der Waals surface area contributed by atoms with Gasteiger partial charge in [0.1, 0.15) is 0 Å². The molecule has 0 aliphatic carbocycles. The Morgan fingerprint density at radius 1 is 0.840 bits per heavy atom. The number of nitrogens with one attached hydrogen (secondary N) is 2. The van der Waals surface area contributed by atoms with Gasteiger partial charge in [-0.25, -0.2) is 0 Å². The predicted molar refractivity (Wildman–Crippen MR) is 99.0 cm³/mol. The molecule has 7 nitrogen and oxygen atoms in total. The molecule has 0 saturated heterocycles. The minimum Gasteiger partial charge on any atom is -0.391 e. The second-order valence-electron chi connectivity index (χ2n) is 6.40. The number of rotatable bonds is 10. The molecule has 0 heterocycles. The van der Waals surface area contributed by atoms with E-state index in [4.69, 9.17) is 5.11 Å². The summed E-state index contributed by atoms with van der Waals surface area (Å²) in [6.45, 7) is 10.3. The van der Waals surface area contributed by atoms with E-state index in [1.807, 2.05) is 20.8 Å². The minimum absolute atomic E-state index is 0.0686. The first-order valence-electron chi connectivity index (χ1n) is 9.18. The average Bonchev–Trinajstić information content (AvgIpc) is 2.52. The van der Waals surface area contributed by atoms with Gasteiger partial charge in [-0.3, -0.25) is 9.59 Å². The molecule has 150 valence electrons. The Morgan fingerprint density at radius 2 is 1.24 bits per heavy atom. The molecule has 0 bridgehead atoms. The van der Waals surface area contributed by atoms with E-state index in [0.29, 0.717) is 12.8 Å². The van der Waals surface area contributed by atoms with Crippen molar-refractivity contribution in [3.05, 3.63) is 0 Å². The van der Waals surface area contributed by atoms with Crippen LogP contribution >= 0.6 is 0 Å². The lowest BCUT2D eigenvalue weighted by Crippen LogP contribution is -2.47. The van der Waals surface area contributed by atoms with Crippen molar-refractivity contribution in [3.8, 4) is 0 Å². The zero-order valence-electron chi connectivity index (χ0n) is 16.6. The highest BCUT2D eigenvalue weighted by Crippen LogP contribution is 2.06. The van der Waals surface area contributed by atoms with Crippen LogP contribution in [0.1, 0.15) is 73.6 Å². The maximum absolute atomic E-state index is 10.8. The number of amides is 2. The number of aliphatic hydroxyl groups is 3. The van der Waals surface area contributed by atoms with Crippen molar-refractivity contribution in [2.75, 3.05) is 0 Å². The van der Waals surface area contributed by atoms with Gasteiger partial charge in [-0.1, -0.05) is 33.6 Å². The third-order valence-corrected chi connectivity index (χ3v) is 3.77. The number of carbonyl (C=O) groups is 2. The molecule has 25 heavy (non-hydrogen) atoms. The highest BCUT2D eigenvalue weighted by atomic mass is 16.3. The zero-order valence-corrected chi connectivity index (χ0v) is 16.6. The van der Waals surface area contributed by atoms with Gasteiger partial charge in [0.2, 0.25) is 11.8 Å². The molecule has 7 heteroatoms. The van der Waals surface area contributed by atoms with Gasteiger partial charge in [-0.15, -0.1) is 0 Å². The summed E-state index contributed by atoms with van der Waals surface area (Å²) in [5, 5.41) is 33.5. The molecule has 0 aliphatic rings. The second kappa shape index (κ2) is 15.1. The van der Waals surface area contributed by atoms with E-state index < -0.39 is 18.3 Å². The lowest BCUT2D eigenvalue weighted by Gasteiger charge is -2.25. The van der Waals surface area contributed by atoms with Crippen LogP contribution in [0.4, 0.5) is 0 Å². The molecule has 0 fully saturated rings. The van der Waals surface area contributed by atoms with Gasteiger partial charge in [0.25, 0.3) is 0 Å². The van der Waals surface area contributed by atoms with Crippen molar-refractivity contribution in [1.29, 1.82) is 0 Å². The fraction of sp³-hybridized carbons (Fsp3) is 0.889. The first kappa shape index (κ1) is 26.1. The van der Waals surface area contributed by atoms with Crippen LogP contribution in [0, 0.1) is 0 Å². The van der Waals surface area contributed by atoms with Crippen LogP contribution in [-0.4, -0.2) is 57.5 Å². The van der Waals surface area contributed by atoms with E-state index in [1.54, 1.807) is 0 Å². The standard InChI is InChI=1S/C9H19NO3.C9H19NO2/c1-4-5-8(10-7(3)12)9(13)6(2)11;1-4-6-8(9(12)5-2)10-7(3)11/h6,8-9,11,13H,4-5H2,1-3H3,(H,10,12);8-9,12H,4-6H2,1-3H3,(H,10,11). The number of aliphatic hydroxyl groups excluding tert-OH is 3. The van der Waals surface area contributed by atoms with Crippen molar-refractivity contribution < 1.29 is 24.9 Å². The first-order valence-corrected chi connectivity index (χ1v) is 9.18. The summed E-state index contributed by atoms with van der Waals surface area (Å²) in [4.78, 5) is 21.5. The van der Waals surface area contributed by atoms with Crippen LogP contribution in [-0.2, 0) is 9.59 Å². The van der Waals surface area contributed by atoms with Crippen molar-refractivity contribution >= 4 is 11.8 Å². The number of hydrogen-bond acceptors (Lipinski definition) is 5. The summed E-state index contributed by atoms with van der Waals surface area (Å²) >= 11 is 0. The Balaban J connectivity index is 0. The molecule has 0 aliphatic heterocycles. The molecular formula is C18H38N2O5. The lowest BCUT2D eigenvalue weighted by molar-refractivity contribution is -0.121. The summed E-state index contributed by atoms with van der Waals surface area (Å²) < 4.78 is 0. The van der Waals surface area contributed by atoms with E-state index in [0.717, 1.165) is 19.3 Å². The topological polar surface area (TPSA) is 119 Å². The molecule has 0 rings (SSSR count). The highest BCUT2D eigenvalue weighted by Gasteiger charge is 2.23. The molecule has 5 N–H and O–H groups in total. The summed E-state index contributed by atoms with van der Waals surface area (Å²) in [7, 11) is 0. The zero-order chi connectivity index (χ0) is 20.0. The monoisotopic (exact) mass is 362 g/mol. The van der Waals surface area contributed by atoms with Crippen LogP contribution in [0.2, 0.25) is 0 Å². The molecule has 5 atom stereocenters. The van der Waals surface area contributed by atoms with Crippen molar-refractivity contribution in [3.63, 3.8) is 0 Å². The van der Waals surface area contributed by atoms with E-state index in [1.165, 1.54) is 20.8 Å². The Hall–Kier alpha value is -1.18. The normalized spacial score (nSPS) is 16.5. The Labute approximate surface area is 152 Å². The first-order chi connectivity index (χ1) is 11.6. The molecule has 0 spiro atoms. The van der Waals surface area contributed by atoms with Gasteiger partial charge >= 0.3 is 0 Å². The van der Waals surface area contributed by atoms with Crippen LogP contribution < -0.4 is 10.6 Å². The van der Waals surface area contributed by atoms with Crippen molar-refractivity contribution in [2.45, 2.75) is 104 Å². The van der Waals surface area contributed by atoms with E-state index in [9.17, 15) is 19.8 Å². The van der Waals surface area contributed by atoms with Crippen LogP contribution in [0.5, 0.6) is 0 Å². The largest absolute Gasteiger partial charge is 0.391 e. The maximum Gasteiger partial charge on any atom is 0.217 e. The number of hydrogen-bond donors (Lipinski definition) is 5. The number of carbonyl (C=O) groups excluding carboxylic acids is 2. The lowest BCUT2D eigenvalue weighted by atomic mass is 10.0. The average molecular weight is 363 g/mol. The van der Waals surface area contributed by atoms with Gasteiger partial charge in [-0.2, -0.15) is 0 Å². The van der Waals surface area contributed by atoms with Crippen molar-refractivity contribution in [2.24, 2.45) is 0 Å². The van der Waals surface area contributed by atoms with Crippen LogP contribution in [0.15, 0.2) is 0 Å². The highest BCUT2D eigenvalue weighted by molar-refractivity contribution is 5.73. The molecule has 0 radical (unpaired) electrons. The minimum atomic E-state index is -0.885. The maximum atomic E-state index is 10.8. The summed E-state index contributed by atoms with van der Waals surface area (Å²) in [5.41, 5.74) is 0. The van der Waals surface area contributed by atoms with Crippen molar-refractivity contribution in [1.82, 2.24) is 10.6 Å². The third kappa shape index (κ3) is 13.8. The Kier molecular flexibility index (Phi) is 15.7. The summed E-state index contributed by atoms with van der Waals surface area (Å²) in [6.07, 6.45) is 1.92. The van der Waals surface area contributed by atoms with Gasteiger partial charge in [0, 0.05) is 13.8 Å². The molecule has 5 unspecified atom stereocenters. The van der Waals surface area contributed by atoms with Crippen LogP contribution in [0.25, 0.3) is 0 Å². The second-order valence-corrected chi connectivity index (χ2v) is 6.40. The Bertz CT molecular complexity index is 363. The van der Waals surface area contributed by atoms with Gasteiger partial charge in [0.15, 0.2) is 0 Å². The van der Waals surface area contributed by atoms with Gasteiger partial charge in [-0.05, 0) is 26.2 Å². The van der Waals surface area contributed by atoms with Gasteiger partial charge < -0.3 is 26.0 Å². The van der Waals surface area contributed by atoms with Gasteiger partial charge in [0.05, 0.1) is 30.4 Å². The SMILES string of the molecule is CCCC(NC(C)=O)C(O)C(C)O.CCCC(NC(C)=O)C(O)CC. The third-order valence-electron chi connectivity index (χ3n) is 3.77. The van der Waals surface area contributed by atoms with Crippen LogP contribution in [0.3, 0.4) is 0 Å². The summed E-state index contributed by atoms with van der Waals surface area (Å²) in [5.74, 6) is -0.251. The smallest absolute Gasteiger partial charge is 0.217 e. The van der Waals surface area contributed by atoms with E-state index in [-0.39, 0.29) is 23.9 Å². The summed E-state index contributed by atoms with van der Waals surface area (Å²) in [6, 6.07) is -0.417. The molecule has 0 saturated carbocycles. The molecule has 0 aromatic heterocycles. The van der Waals surface area contributed by atoms with E-state index in [2.05, 4.69) is 10.6 Å². The fourth-order valence-electron chi connectivity index (χ4n) is 2.45. The predicted octanol–water partition coefficient (Wildman–Crippen LogP) is 1.09.